The van der Waals surface area contributed by atoms with Crippen LogP contribution in [0.15, 0.2) is 30.3 Å². The monoisotopic (exact) mass is 614 g/mol. The first-order chi connectivity index (χ1) is 20.2. The molecule has 0 amide bonds. The molecule has 0 aromatic heterocycles. The number of hydrogen-bond acceptors (Lipinski definition) is 16. The third-order valence-electron chi connectivity index (χ3n) is 8.59. The summed E-state index contributed by atoms with van der Waals surface area (Å²) in [4.78, 5) is 0. The Bertz CT molecular complexity index is 1340. The van der Waals surface area contributed by atoms with Crippen molar-refractivity contribution < 1.29 is 80.6 Å². The first-order valence-electron chi connectivity index (χ1n) is 13.3. The van der Waals surface area contributed by atoms with Crippen molar-refractivity contribution >= 4 is 0 Å². The van der Waals surface area contributed by atoms with Crippen molar-refractivity contribution in [2.24, 2.45) is 0 Å². The number of phenols is 4. The van der Waals surface area contributed by atoms with Gasteiger partial charge in [0.15, 0.2) is 17.1 Å². The maximum absolute atomic E-state index is 12.8. The van der Waals surface area contributed by atoms with Gasteiger partial charge < -0.3 is 80.6 Å². The predicted molar refractivity (Wildman–Crippen MR) is 138 cm³/mol. The summed E-state index contributed by atoms with van der Waals surface area (Å²) >= 11 is 0. The fourth-order valence-corrected chi connectivity index (χ4v) is 6.33. The second kappa shape index (κ2) is 11.2. The molecular weight excluding hydrogens is 580 g/mol. The van der Waals surface area contributed by atoms with E-state index >= 15 is 0 Å². The van der Waals surface area contributed by atoms with Crippen molar-refractivity contribution in [1.82, 2.24) is 0 Å². The van der Waals surface area contributed by atoms with Gasteiger partial charge in [0.25, 0.3) is 0 Å². The molecule has 2 saturated heterocycles. The summed E-state index contributed by atoms with van der Waals surface area (Å²) in [6.45, 7) is -1.84. The fourth-order valence-electron chi connectivity index (χ4n) is 6.33. The molecule has 2 aromatic rings. The van der Waals surface area contributed by atoms with Crippen molar-refractivity contribution in [3.8, 4) is 28.7 Å². The van der Waals surface area contributed by atoms with Gasteiger partial charge in [-0.2, -0.15) is 0 Å². The normalized spacial score (nSPS) is 41.3. The minimum Gasteiger partial charge on any atom is -0.508 e. The highest BCUT2D eigenvalue weighted by molar-refractivity contribution is 5.55. The molecule has 16 nitrogen and oxygen atoms in total. The number of benzene rings is 2. The van der Waals surface area contributed by atoms with Gasteiger partial charge in [-0.15, -0.1) is 0 Å². The van der Waals surface area contributed by atoms with Gasteiger partial charge in [0.1, 0.15) is 83.9 Å². The Morgan fingerprint density at radius 3 is 1.77 bits per heavy atom. The Hall–Kier alpha value is -3.00. The Morgan fingerprint density at radius 1 is 0.651 bits per heavy atom. The summed E-state index contributed by atoms with van der Waals surface area (Å²) < 4.78 is 17.8. The zero-order chi connectivity index (χ0) is 31.6. The van der Waals surface area contributed by atoms with Crippen molar-refractivity contribution in [1.29, 1.82) is 0 Å². The van der Waals surface area contributed by atoms with E-state index in [1.165, 1.54) is 0 Å². The molecule has 0 spiro atoms. The maximum Gasteiger partial charge on any atom is 0.194 e. The molecule has 2 fully saturated rings. The van der Waals surface area contributed by atoms with Crippen molar-refractivity contribution in [3.63, 3.8) is 0 Å². The number of aromatic hydroxyl groups is 4. The fraction of sp³-hybridized carbons (Fsp3) is 0.556. The van der Waals surface area contributed by atoms with Crippen molar-refractivity contribution in [2.75, 3.05) is 13.2 Å². The summed E-state index contributed by atoms with van der Waals surface area (Å²) in [6, 6.07) is 4.85. The number of ether oxygens (including phenoxy) is 3. The summed E-state index contributed by atoms with van der Waals surface area (Å²) in [6.07, 6.45) is -20.3. The number of aliphatic hydroxyl groups excluding tert-OH is 8. The molecule has 0 saturated carbocycles. The highest BCUT2D eigenvalue weighted by Gasteiger charge is 2.71. The standard InChI is InChI=1S/C27H34O16/c28-7-16-18(34)20(36)22(38)24(41-16)26(40)6-11-13(32)4-10(30)5-15(11)43-27(26,9-1-2-12(31)14(33)3-9)25-23(39)21(37)19(35)17(8-29)42-25/h1-5,16-25,28-40H,6-8H2/t16-,17-,18-,19-,20+,21+,22-,23-,24?,25?,26?,27?/m1/s1. The van der Waals surface area contributed by atoms with Gasteiger partial charge >= 0.3 is 0 Å². The second-order valence-electron chi connectivity index (χ2n) is 11.1. The van der Waals surface area contributed by atoms with Crippen LogP contribution in [0.5, 0.6) is 28.7 Å². The van der Waals surface area contributed by atoms with Crippen molar-refractivity contribution in [2.45, 2.75) is 78.7 Å². The van der Waals surface area contributed by atoms with E-state index in [0.29, 0.717) is 0 Å². The first-order valence-corrected chi connectivity index (χ1v) is 13.3. The highest BCUT2D eigenvalue weighted by Crippen LogP contribution is 2.56. The molecule has 16 heteroatoms. The maximum atomic E-state index is 12.8. The summed E-state index contributed by atoms with van der Waals surface area (Å²) in [7, 11) is 0. The molecular formula is C27H34O16. The van der Waals surface area contributed by atoms with Gasteiger partial charge in [-0.1, -0.05) is 6.07 Å². The van der Waals surface area contributed by atoms with Crippen LogP contribution in [0.1, 0.15) is 11.1 Å². The molecule has 0 radical (unpaired) electrons. The van der Waals surface area contributed by atoms with Gasteiger partial charge in [0, 0.05) is 29.7 Å². The molecule has 3 aliphatic heterocycles. The van der Waals surface area contributed by atoms with Crippen molar-refractivity contribution in [3.05, 3.63) is 41.5 Å². The Labute approximate surface area is 243 Å². The van der Waals surface area contributed by atoms with Crippen LogP contribution in [0, 0.1) is 0 Å². The number of rotatable bonds is 5. The zero-order valence-electron chi connectivity index (χ0n) is 22.3. The third kappa shape index (κ3) is 4.66. The summed E-state index contributed by atoms with van der Waals surface area (Å²) in [5.74, 6) is -2.91. The first kappa shape index (κ1) is 31.4. The Balaban J connectivity index is 1.85. The van der Waals surface area contributed by atoms with E-state index in [4.69, 9.17) is 14.2 Å². The van der Waals surface area contributed by atoms with E-state index < -0.39 is 115 Å². The minimum absolute atomic E-state index is 0.194. The van der Waals surface area contributed by atoms with Crippen LogP contribution in [0.25, 0.3) is 0 Å². The van der Waals surface area contributed by atoms with E-state index in [9.17, 15) is 66.4 Å². The molecule has 5 rings (SSSR count). The molecule has 0 bridgehead atoms. The molecule has 2 aromatic carbocycles. The molecule has 12 atom stereocenters. The lowest BCUT2D eigenvalue weighted by molar-refractivity contribution is -0.344. The molecule has 43 heavy (non-hydrogen) atoms. The van der Waals surface area contributed by atoms with E-state index in [0.717, 1.165) is 30.3 Å². The van der Waals surface area contributed by atoms with Crippen LogP contribution < -0.4 is 4.74 Å². The Morgan fingerprint density at radius 2 is 1.21 bits per heavy atom. The lowest BCUT2D eigenvalue weighted by Crippen LogP contribution is -2.79. The zero-order valence-corrected chi connectivity index (χ0v) is 22.3. The third-order valence-corrected chi connectivity index (χ3v) is 8.59. The molecule has 13 N–H and O–H groups in total. The average Bonchev–Trinajstić information content (AvgIpc) is 2.96. The van der Waals surface area contributed by atoms with Crippen LogP contribution in [0.3, 0.4) is 0 Å². The van der Waals surface area contributed by atoms with Crippen LogP contribution in [-0.4, -0.2) is 146 Å². The van der Waals surface area contributed by atoms with Crippen LogP contribution in [0.4, 0.5) is 0 Å². The molecule has 4 unspecified atom stereocenters. The summed E-state index contributed by atoms with van der Waals surface area (Å²) in [5, 5.41) is 139. The van der Waals surface area contributed by atoms with Crippen LogP contribution in [0.2, 0.25) is 0 Å². The molecule has 3 aliphatic rings. The van der Waals surface area contributed by atoms with Gasteiger partial charge in [-0.25, -0.2) is 0 Å². The number of phenolic OH excluding ortho intramolecular Hbond substituents is 4. The van der Waals surface area contributed by atoms with Gasteiger partial charge in [0.05, 0.1) is 13.2 Å². The van der Waals surface area contributed by atoms with E-state index in [-0.39, 0.29) is 16.9 Å². The number of hydrogen-bond donors (Lipinski definition) is 13. The van der Waals surface area contributed by atoms with Gasteiger partial charge in [0.2, 0.25) is 0 Å². The topological polar surface area (TPSA) is 291 Å². The second-order valence-corrected chi connectivity index (χ2v) is 11.1. The predicted octanol–water partition coefficient (Wildman–Crippen LogP) is -4.24. The number of aliphatic hydroxyl groups is 9. The number of fused-ring (bicyclic) bond motifs is 1. The molecule has 0 aliphatic carbocycles. The van der Waals surface area contributed by atoms with Gasteiger partial charge in [-0.05, 0) is 12.1 Å². The SMILES string of the molecule is OC[C@H]1OC(C2(O)Cc3c(O)cc(O)cc3OC2(c2ccc(O)c(O)c2)C2O[C@H](CO)[C@@H](O)[C@H](O)[C@H]2O)[C@H](O)[C@@H](O)[C@@H]1O. The minimum atomic E-state index is -2.88. The molecule has 238 valence electrons. The summed E-state index contributed by atoms with van der Waals surface area (Å²) in [5.41, 5.74) is -6.13. The average molecular weight is 615 g/mol. The smallest absolute Gasteiger partial charge is 0.194 e. The molecule has 3 heterocycles. The highest BCUT2D eigenvalue weighted by atomic mass is 16.6. The lowest BCUT2D eigenvalue weighted by atomic mass is 9.62. The van der Waals surface area contributed by atoms with Crippen LogP contribution >= 0.6 is 0 Å². The largest absolute Gasteiger partial charge is 0.508 e. The van der Waals surface area contributed by atoms with E-state index in [1.54, 1.807) is 0 Å². The van der Waals surface area contributed by atoms with E-state index in [1.807, 2.05) is 0 Å². The quantitative estimate of drug-likeness (QED) is 0.142. The lowest BCUT2D eigenvalue weighted by Gasteiger charge is -2.60. The van der Waals surface area contributed by atoms with E-state index in [2.05, 4.69) is 0 Å². The Kier molecular flexibility index (Phi) is 8.16. The van der Waals surface area contributed by atoms with Gasteiger partial charge in [-0.3, -0.25) is 0 Å². The van der Waals surface area contributed by atoms with Crippen LogP contribution in [-0.2, 0) is 21.5 Å².